The number of rotatable bonds is 7. The summed E-state index contributed by atoms with van der Waals surface area (Å²) in [6.07, 6.45) is 2.92. The molecule has 0 aromatic carbocycles. The molecule has 1 unspecified atom stereocenters. The quantitative estimate of drug-likeness (QED) is 0.513. The molecule has 2 amide bonds. The summed E-state index contributed by atoms with van der Waals surface area (Å²) in [6.45, 7) is 12.4. The summed E-state index contributed by atoms with van der Waals surface area (Å²) in [5.74, 6) is -0.00378. The molecule has 2 rings (SSSR count). The van der Waals surface area contributed by atoms with Crippen LogP contribution in [-0.2, 0) is 19.1 Å². The van der Waals surface area contributed by atoms with Crippen molar-refractivity contribution in [3.8, 4) is 0 Å². The number of ether oxygens (including phenoxy) is 2. The molecular formula is C21H35N3O5. The second kappa shape index (κ2) is 10.6. The van der Waals surface area contributed by atoms with E-state index in [0.29, 0.717) is 45.0 Å². The Bertz CT molecular complexity index is 615. The summed E-state index contributed by atoms with van der Waals surface area (Å²) >= 11 is 0. The van der Waals surface area contributed by atoms with Crippen molar-refractivity contribution < 1.29 is 23.9 Å². The summed E-state index contributed by atoms with van der Waals surface area (Å²) in [4.78, 5) is 41.2. The number of piperidine rings is 2. The van der Waals surface area contributed by atoms with Crippen molar-refractivity contribution in [3.63, 3.8) is 0 Å². The molecule has 8 heteroatoms. The molecular weight excluding hydrogens is 374 g/mol. The zero-order valence-electron chi connectivity index (χ0n) is 18.0. The van der Waals surface area contributed by atoms with Gasteiger partial charge in [0.2, 0.25) is 5.91 Å². The Labute approximate surface area is 173 Å². The van der Waals surface area contributed by atoms with Crippen LogP contribution >= 0.6 is 0 Å². The Hall–Kier alpha value is -2.09. The van der Waals surface area contributed by atoms with Gasteiger partial charge in [0.05, 0.1) is 17.8 Å². The van der Waals surface area contributed by atoms with Gasteiger partial charge in [-0.3, -0.25) is 14.5 Å². The van der Waals surface area contributed by atoms with Gasteiger partial charge in [-0.25, -0.2) is 4.79 Å². The van der Waals surface area contributed by atoms with Gasteiger partial charge in [0.1, 0.15) is 0 Å². The molecule has 29 heavy (non-hydrogen) atoms. The number of hydrogen-bond donors (Lipinski definition) is 1. The third kappa shape index (κ3) is 6.19. The molecule has 8 nitrogen and oxygen atoms in total. The van der Waals surface area contributed by atoms with Crippen molar-refractivity contribution in [1.82, 2.24) is 15.1 Å². The lowest BCUT2D eigenvalue weighted by Gasteiger charge is -2.46. The van der Waals surface area contributed by atoms with E-state index in [9.17, 15) is 14.4 Å². The molecule has 2 aliphatic rings. The Balaban J connectivity index is 2.03. The van der Waals surface area contributed by atoms with E-state index in [-0.39, 0.29) is 30.4 Å². The molecule has 2 fully saturated rings. The van der Waals surface area contributed by atoms with Crippen LogP contribution in [0, 0.1) is 5.41 Å². The van der Waals surface area contributed by atoms with E-state index in [4.69, 9.17) is 9.47 Å². The van der Waals surface area contributed by atoms with Crippen molar-refractivity contribution in [2.24, 2.45) is 5.41 Å². The normalized spacial score (nSPS) is 23.3. The predicted molar refractivity (Wildman–Crippen MR) is 109 cm³/mol. The Kier molecular flexibility index (Phi) is 8.49. The standard InChI is InChI=1S/C21H35N3O5/c1-5-22-18(25)14-21(19(26)28-6-2)10-7-11-24(15-21)17-8-12-23(13-9-17)20(27)29-16(3)4/h17H,3,5-15H2,1-2,4H3,(H,22,25). The van der Waals surface area contributed by atoms with Gasteiger partial charge in [-0.15, -0.1) is 0 Å². The molecule has 0 radical (unpaired) electrons. The molecule has 2 saturated heterocycles. The number of carbonyl (C=O) groups excluding carboxylic acids is 3. The first-order valence-corrected chi connectivity index (χ1v) is 10.6. The maximum atomic E-state index is 12.8. The van der Waals surface area contributed by atoms with E-state index in [1.165, 1.54) is 0 Å². The molecule has 0 bridgehead atoms. The highest BCUT2D eigenvalue weighted by Gasteiger charge is 2.46. The fourth-order valence-corrected chi connectivity index (χ4v) is 4.34. The number of nitrogens with one attached hydrogen (secondary N) is 1. The second-order valence-electron chi connectivity index (χ2n) is 7.99. The monoisotopic (exact) mass is 409 g/mol. The van der Waals surface area contributed by atoms with Crippen LogP contribution in [-0.4, -0.2) is 73.1 Å². The van der Waals surface area contributed by atoms with Crippen LogP contribution < -0.4 is 5.32 Å². The average molecular weight is 410 g/mol. The van der Waals surface area contributed by atoms with Crippen molar-refractivity contribution in [2.75, 3.05) is 39.3 Å². The number of likely N-dealkylation sites (tertiary alicyclic amines) is 2. The van der Waals surface area contributed by atoms with E-state index < -0.39 is 5.41 Å². The first kappa shape index (κ1) is 23.2. The number of allylic oxidation sites excluding steroid dienone is 1. The molecule has 2 heterocycles. The lowest BCUT2D eigenvalue weighted by molar-refractivity contribution is -0.162. The van der Waals surface area contributed by atoms with Crippen molar-refractivity contribution in [2.45, 2.75) is 58.9 Å². The SMILES string of the molecule is C=C(C)OC(=O)N1CCC(N2CCCC(CC(=O)NCC)(C(=O)OCC)C2)CC1. The highest BCUT2D eigenvalue weighted by molar-refractivity contribution is 5.86. The highest BCUT2D eigenvalue weighted by Crippen LogP contribution is 2.37. The maximum absolute atomic E-state index is 12.8. The van der Waals surface area contributed by atoms with Gasteiger partial charge in [-0.2, -0.15) is 0 Å². The molecule has 0 saturated carbocycles. The number of nitrogens with zero attached hydrogens (tertiary/aromatic N) is 2. The largest absolute Gasteiger partial charge is 0.466 e. The zero-order chi connectivity index (χ0) is 21.4. The van der Waals surface area contributed by atoms with Crippen LogP contribution in [0.25, 0.3) is 0 Å². The summed E-state index contributed by atoms with van der Waals surface area (Å²) in [5, 5.41) is 2.81. The number of esters is 1. The minimum Gasteiger partial charge on any atom is -0.466 e. The van der Waals surface area contributed by atoms with Crippen LogP contribution in [0.5, 0.6) is 0 Å². The minimum atomic E-state index is -0.802. The van der Waals surface area contributed by atoms with Crippen LogP contribution in [0.1, 0.15) is 52.9 Å². The molecule has 0 spiro atoms. The van der Waals surface area contributed by atoms with Gasteiger partial charge < -0.3 is 19.7 Å². The fourth-order valence-electron chi connectivity index (χ4n) is 4.34. The Morgan fingerprint density at radius 1 is 1.17 bits per heavy atom. The van der Waals surface area contributed by atoms with Gasteiger partial charge in [0, 0.05) is 38.6 Å². The van der Waals surface area contributed by atoms with Crippen LogP contribution in [0.2, 0.25) is 0 Å². The van der Waals surface area contributed by atoms with E-state index in [2.05, 4.69) is 16.8 Å². The fraction of sp³-hybridized carbons (Fsp3) is 0.762. The van der Waals surface area contributed by atoms with Gasteiger partial charge in [0.15, 0.2) is 0 Å². The molecule has 164 valence electrons. The average Bonchev–Trinajstić information content (AvgIpc) is 2.68. The molecule has 0 aromatic rings. The lowest BCUT2D eigenvalue weighted by Crippen LogP contribution is -2.55. The van der Waals surface area contributed by atoms with E-state index in [1.54, 1.807) is 18.7 Å². The first-order chi connectivity index (χ1) is 13.8. The third-order valence-electron chi connectivity index (χ3n) is 5.69. The first-order valence-electron chi connectivity index (χ1n) is 10.6. The number of carbonyl (C=O) groups is 3. The zero-order valence-corrected chi connectivity index (χ0v) is 18.0. The van der Waals surface area contributed by atoms with E-state index >= 15 is 0 Å². The van der Waals surface area contributed by atoms with Crippen LogP contribution in [0.4, 0.5) is 4.79 Å². The van der Waals surface area contributed by atoms with Gasteiger partial charge in [-0.05, 0) is 53.0 Å². The molecule has 0 aliphatic carbocycles. The van der Waals surface area contributed by atoms with Crippen molar-refractivity contribution in [3.05, 3.63) is 12.3 Å². The summed E-state index contributed by atoms with van der Waals surface area (Å²) in [7, 11) is 0. The smallest absolute Gasteiger partial charge is 0.414 e. The highest BCUT2D eigenvalue weighted by atomic mass is 16.6. The Morgan fingerprint density at radius 2 is 1.86 bits per heavy atom. The summed E-state index contributed by atoms with van der Waals surface area (Å²) in [5.41, 5.74) is -0.802. The Morgan fingerprint density at radius 3 is 2.45 bits per heavy atom. The second-order valence-corrected chi connectivity index (χ2v) is 7.99. The van der Waals surface area contributed by atoms with E-state index in [1.807, 2.05) is 6.92 Å². The summed E-state index contributed by atoms with van der Waals surface area (Å²) in [6, 6.07) is 0.271. The third-order valence-corrected chi connectivity index (χ3v) is 5.69. The van der Waals surface area contributed by atoms with E-state index in [0.717, 1.165) is 25.8 Å². The van der Waals surface area contributed by atoms with Crippen LogP contribution in [0.3, 0.4) is 0 Å². The maximum Gasteiger partial charge on any atom is 0.414 e. The molecule has 1 N–H and O–H groups in total. The predicted octanol–water partition coefficient (Wildman–Crippen LogP) is 2.29. The number of hydrogen-bond acceptors (Lipinski definition) is 6. The molecule has 0 aromatic heterocycles. The minimum absolute atomic E-state index is 0.111. The topological polar surface area (TPSA) is 88.2 Å². The van der Waals surface area contributed by atoms with Crippen molar-refractivity contribution >= 4 is 18.0 Å². The number of amides is 2. The van der Waals surface area contributed by atoms with Gasteiger partial charge in [0.25, 0.3) is 0 Å². The van der Waals surface area contributed by atoms with Gasteiger partial charge in [-0.1, -0.05) is 6.58 Å². The lowest BCUT2D eigenvalue weighted by atomic mass is 9.76. The molecule has 1 atom stereocenters. The van der Waals surface area contributed by atoms with Crippen LogP contribution in [0.15, 0.2) is 12.3 Å². The summed E-state index contributed by atoms with van der Waals surface area (Å²) < 4.78 is 10.5. The van der Waals surface area contributed by atoms with Crippen molar-refractivity contribution in [1.29, 1.82) is 0 Å². The van der Waals surface area contributed by atoms with Gasteiger partial charge >= 0.3 is 12.1 Å². The molecule has 2 aliphatic heterocycles.